The number of hydrogen-bond donors (Lipinski definition) is 5. The smallest absolute Gasteiger partial charge is 0.479 e. The van der Waals surface area contributed by atoms with Crippen molar-refractivity contribution < 1.29 is 57.4 Å². The first-order chi connectivity index (χ1) is 19.3. The molecule has 1 amide bonds. The topological polar surface area (TPSA) is 203 Å². The summed E-state index contributed by atoms with van der Waals surface area (Å²) in [5.74, 6) is -3.01. The molecule has 0 spiro atoms. The summed E-state index contributed by atoms with van der Waals surface area (Å²) in [6.07, 6.45) is -14.5. The van der Waals surface area contributed by atoms with E-state index in [0.717, 1.165) is 16.8 Å². The van der Waals surface area contributed by atoms with E-state index in [-0.39, 0.29) is 10.9 Å². The molecule has 1 aromatic heterocycles. The van der Waals surface area contributed by atoms with E-state index in [4.69, 9.17) is 9.47 Å². The number of benzene rings is 2. The van der Waals surface area contributed by atoms with Crippen LogP contribution in [-0.4, -0.2) is 91.0 Å². The van der Waals surface area contributed by atoms with Crippen LogP contribution in [0.1, 0.15) is 11.6 Å². The van der Waals surface area contributed by atoms with E-state index in [1.54, 1.807) is 18.2 Å². The van der Waals surface area contributed by atoms with Crippen molar-refractivity contribution in [3.63, 3.8) is 0 Å². The van der Waals surface area contributed by atoms with Gasteiger partial charge in [-0.15, -0.1) is 18.3 Å². The standard InChI is InChI=1S/C24H23F3N4O10/c25-24(26,27)41-12-7-5-11(6-8-12)15(10-39-23-19(35)17(33)18(34)20(40-23)22(37)38)28-16(32)9-31-21(36)13-3-1-2-4-14(13)29-30-31/h1-8,15,17-20,23,33-35H,9-10H2,(H,28,32)(H,37,38)/t15-,17+,18+,19-,20+,23-/m0/s1. The van der Waals surface area contributed by atoms with Gasteiger partial charge in [0.25, 0.3) is 5.56 Å². The normalized spacial score (nSPS) is 23.6. The van der Waals surface area contributed by atoms with Gasteiger partial charge < -0.3 is 40.0 Å². The van der Waals surface area contributed by atoms with Crippen molar-refractivity contribution in [2.24, 2.45) is 0 Å². The van der Waals surface area contributed by atoms with E-state index in [9.17, 15) is 48.0 Å². The van der Waals surface area contributed by atoms with Crippen molar-refractivity contribution in [2.75, 3.05) is 6.61 Å². The monoisotopic (exact) mass is 584 g/mol. The largest absolute Gasteiger partial charge is 0.573 e. The number of nitrogens with one attached hydrogen (secondary N) is 1. The molecule has 2 heterocycles. The highest BCUT2D eigenvalue weighted by Crippen LogP contribution is 2.27. The molecule has 17 heteroatoms. The highest BCUT2D eigenvalue weighted by molar-refractivity contribution is 5.78. The number of carboxylic acids is 1. The van der Waals surface area contributed by atoms with Gasteiger partial charge in [0.2, 0.25) is 5.91 Å². The van der Waals surface area contributed by atoms with Crippen molar-refractivity contribution in [3.8, 4) is 5.75 Å². The molecule has 3 aromatic rings. The van der Waals surface area contributed by atoms with Gasteiger partial charge in [0, 0.05) is 0 Å². The Morgan fingerprint density at radius 1 is 1.05 bits per heavy atom. The molecule has 0 bridgehead atoms. The number of halogens is 3. The summed E-state index contributed by atoms with van der Waals surface area (Å²) in [7, 11) is 0. The number of aromatic nitrogens is 3. The number of fused-ring (bicyclic) bond motifs is 1. The van der Waals surface area contributed by atoms with E-state index in [1.165, 1.54) is 18.2 Å². The predicted octanol–water partition coefficient (Wildman–Crippen LogP) is -0.544. The second kappa shape index (κ2) is 12.1. The molecule has 0 radical (unpaired) electrons. The maximum absolute atomic E-state index is 12.9. The van der Waals surface area contributed by atoms with E-state index in [0.29, 0.717) is 5.52 Å². The molecule has 1 aliphatic heterocycles. The number of nitrogens with zero attached hydrogens (tertiary/aromatic N) is 3. The van der Waals surface area contributed by atoms with Crippen LogP contribution in [0.2, 0.25) is 0 Å². The number of aliphatic carboxylic acids is 1. The van der Waals surface area contributed by atoms with Crippen LogP contribution in [0.25, 0.3) is 10.9 Å². The fourth-order valence-electron chi connectivity index (χ4n) is 4.01. The van der Waals surface area contributed by atoms with Crippen LogP contribution in [0.3, 0.4) is 0 Å². The molecule has 5 N–H and O–H groups in total. The van der Waals surface area contributed by atoms with Crippen LogP contribution in [0, 0.1) is 0 Å². The first kappa shape index (κ1) is 29.8. The molecular formula is C24H23F3N4O10. The van der Waals surface area contributed by atoms with Gasteiger partial charge in [0.1, 0.15) is 36.1 Å². The molecule has 0 saturated carbocycles. The lowest BCUT2D eigenvalue weighted by molar-refractivity contribution is -0.295. The summed E-state index contributed by atoms with van der Waals surface area (Å²) in [5.41, 5.74) is -0.136. The molecule has 1 fully saturated rings. The zero-order valence-corrected chi connectivity index (χ0v) is 20.7. The van der Waals surface area contributed by atoms with Gasteiger partial charge in [-0.2, -0.15) is 0 Å². The molecule has 2 aromatic carbocycles. The number of alkyl halides is 3. The first-order valence-electron chi connectivity index (χ1n) is 11.9. The number of aliphatic hydroxyl groups excluding tert-OH is 3. The average molecular weight is 584 g/mol. The molecule has 6 atom stereocenters. The number of hydrogen-bond acceptors (Lipinski definition) is 11. The van der Waals surface area contributed by atoms with Crippen LogP contribution in [0.5, 0.6) is 5.75 Å². The molecule has 14 nitrogen and oxygen atoms in total. The van der Waals surface area contributed by atoms with Crippen molar-refractivity contribution in [1.29, 1.82) is 0 Å². The maximum atomic E-state index is 12.9. The van der Waals surface area contributed by atoms with Crippen molar-refractivity contribution in [2.45, 2.75) is 49.7 Å². The SMILES string of the molecule is O=C(Cn1nnc2ccccc2c1=O)N[C@@H](CO[C@H]1O[C@@H](C(=O)O)[C@H](O)[C@@H](O)[C@@H]1O)c1ccc(OC(F)(F)F)cc1. The summed E-state index contributed by atoms with van der Waals surface area (Å²) < 4.78 is 52.8. The van der Waals surface area contributed by atoms with E-state index in [2.05, 4.69) is 20.4 Å². The number of carboxylic acid groups (broad SMARTS) is 1. The quantitative estimate of drug-likeness (QED) is 0.215. The number of carbonyl (C=O) groups is 2. The number of ether oxygens (including phenoxy) is 3. The number of amides is 1. The Kier molecular flexibility index (Phi) is 8.83. The molecule has 4 rings (SSSR count). The third kappa shape index (κ3) is 7.14. The Morgan fingerprint density at radius 3 is 2.39 bits per heavy atom. The van der Waals surface area contributed by atoms with Crippen molar-refractivity contribution in [3.05, 3.63) is 64.4 Å². The van der Waals surface area contributed by atoms with E-state index < -0.39 is 79.4 Å². The molecular weight excluding hydrogens is 561 g/mol. The summed E-state index contributed by atoms with van der Waals surface area (Å²) in [4.78, 5) is 36.9. The van der Waals surface area contributed by atoms with E-state index >= 15 is 0 Å². The minimum Gasteiger partial charge on any atom is -0.479 e. The zero-order valence-electron chi connectivity index (χ0n) is 20.7. The fraction of sp³-hybridized carbons (Fsp3) is 0.375. The Balaban J connectivity index is 1.54. The number of aliphatic hydroxyl groups is 3. The summed E-state index contributed by atoms with van der Waals surface area (Å²) in [5, 5.41) is 49.6. The maximum Gasteiger partial charge on any atom is 0.573 e. The zero-order chi connectivity index (χ0) is 29.9. The second-order valence-corrected chi connectivity index (χ2v) is 8.87. The van der Waals surface area contributed by atoms with Crippen LogP contribution in [-0.2, 0) is 25.6 Å². The first-order valence-corrected chi connectivity index (χ1v) is 11.9. The highest BCUT2D eigenvalue weighted by Gasteiger charge is 2.47. The lowest BCUT2D eigenvalue weighted by atomic mass is 9.99. The third-order valence-corrected chi connectivity index (χ3v) is 6.01. The molecule has 0 unspecified atom stereocenters. The molecule has 1 aliphatic rings. The molecule has 220 valence electrons. The molecule has 1 saturated heterocycles. The minimum absolute atomic E-state index is 0.172. The average Bonchev–Trinajstić information content (AvgIpc) is 2.91. The Morgan fingerprint density at radius 2 is 1.73 bits per heavy atom. The Labute approximate surface area is 227 Å². The lowest BCUT2D eigenvalue weighted by Crippen LogP contribution is -2.60. The lowest BCUT2D eigenvalue weighted by Gasteiger charge is -2.38. The van der Waals surface area contributed by atoms with Gasteiger partial charge in [-0.3, -0.25) is 9.59 Å². The number of rotatable bonds is 9. The van der Waals surface area contributed by atoms with Crippen LogP contribution < -0.4 is 15.6 Å². The molecule has 41 heavy (non-hydrogen) atoms. The van der Waals surface area contributed by atoms with Gasteiger partial charge in [0.05, 0.1) is 18.0 Å². The van der Waals surface area contributed by atoms with Gasteiger partial charge in [0.15, 0.2) is 12.4 Å². The fourth-order valence-corrected chi connectivity index (χ4v) is 4.01. The third-order valence-electron chi connectivity index (χ3n) is 6.01. The highest BCUT2D eigenvalue weighted by atomic mass is 19.4. The van der Waals surface area contributed by atoms with Crippen molar-refractivity contribution >= 4 is 22.8 Å². The van der Waals surface area contributed by atoms with Gasteiger partial charge >= 0.3 is 12.3 Å². The van der Waals surface area contributed by atoms with Gasteiger partial charge in [-0.25, -0.2) is 9.48 Å². The van der Waals surface area contributed by atoms with Crippen LogP contribution >= 0.6 is 0 Å². The summed E-state index contributed by atoms with van der Waals surface area (Å²) in [6.45, 7) is -1.18. The van der Waals surface area contributed by atoms with Crippen LogP contribution in [0.4, 0.5) is 13.2 Å². The Hall–Kier alpha value is -4.16. The minimum atomic E-state index is -4.95. The van der Waals surface area contributed by atoms with Gasteiger partial charge in [-0.05, 0) is 29.8 Å². The summed E-state index contributed by atoms with van der Waals surface area (Å²) in [6, 6.07) is 9.41. The molecule has 0 aliphatic carbocycles. The van der Waals surface area contributed by atoms with Crippen LogP contribution in [0.15, 0.2) is 53.3 Å². The predicted molar refractivity (Wildman–Crippen MR) is 128 cm³/mol. The Bertz CT molecular complexity index is 1450. The second-order valence-electron chi connectivity index (χ2n) is 8.87. The number of carbonyl (C=O) groups excluding carboxylic acids is 1. The van der Waals surface area contributed by atoms with Gasteiger partial charge in [-0.1, -0.05) is 29.5 Å². The summed E-state index contributed by atoms with van der Waals surface area (Å²) >= 11 is 0. The van der Waals surface area contributed by atoms with Crippen molar-refractivity contribution in [1.82, 2.24) is 20.3 Å². The van der Waals surface area contributed by atoms with E-state index in [1.807, 2.05) is 0 Å².